The molecule has 0 spiro atoms. The lowest BCUT2D eigenvalue weighted by atomic mass is 9.34. The fourth-order valence-electron chi connectivity index (χ4n) is 16.7. The molecule has 92 heavy (non-hydrogen) atoms. The first-order valence-electron chi connectivity index (χ1n) is 33.6. The van der Waals surface area contributed by atoms with Crippen molar-refractivity contribution in [2.75, 3.05) is 0 Å². The van der Waals surface area contributed by atoms with Gasteiger partial charge in [-0.05, 0) is 215 Å². The molecule has 0 amide bonds. The van der Waals surface area contributed by atoms with E-state index in [1.807, 2.05) is 60.7 Å². The van der Waals surface area contributed by atoms with Gasteiger partial charge in [-0.2, -0.15) is 0 Å². The Kier molecular flexibility index (Phi) is 13.6. The van der Waals surface area contributed by atoms with Crippen LogP contribution in [0.4, 0.5) is 0 Å². The molecule has 4 aliphatic rings. The van der Waals surface area contributed by atoms with E-state index in [2.05, 4.69) is 204 Å². The minimum Gasteiger partial charge on any atom is -0.457 e. The highest BCUT2D eigenvalue weighted by Crippen LogP contribution is 2.54. The molecule has 450 valence electrons. The predicted molar refractivity (Wildman–Crippen MR) is 388 cm³/mol. The average molecular weight is 1200 g/mol. The van der Waals surface area contributed by atoms with Crippen LogP contribution in [-0.4, -0.2) is 25.4 Å². The first kappa shape index (κ1) is 57.9. The topological polar surface area (TPSA) is 52.6 Å². The normalized spacial score (nSPS) is 13.1. The highest BCUT2D eigenvalue weighted by atomic mass is 16.5. The van der Waals surface area contributed by atoms with Crippen molar-refractivity contribution in [3.63, 3.8) is 0 Å². The molecular weight excluding hydrogens is 1120 g/mol. The minimum absolute atomic E-state index is 0.120. The maximum Gasteiger partial charge on any atom is 0.338 e. The Morgan fingerprint density at radius 3 is 0.978 bits per heavy atom. The van der Waals surface area contributed by atoms with Gasteiger partial charge < -0.3 is 9.47 Å². The second-order valence-electron chi connectivity index (χ2n) is 28.7. The maximum atomic E-state index is 14.9. The zero-order valence-electron chi connectivity index (χ0n) is 55.0. The van der Waals surface area contributed by atoms with Crippen LogP contribution in [0.5, 0.6) is 0 Å². The van der Waals surface area contributed by atoms with Crippen LogP contribution in [0.3, 0.4) is 0 Å². The average Bonchev–Trinajstić information content (AvgIpc) is 1.18. The Balaban J connectivity index is 1.11. The maximum absolute atomic E-state index is 14.9. The quantitative estimate of drug-likeness (QED) is 0.0618. The van der Waals surface area contributed by atoms with Crippen LogP contribution in [-0.2, 0) is 22.7 Å². The van der Waals surface area contributed by atoms with Crippen molar-refractivity contribution in [3.05, 3.63) is 238 Å². The molecule has 12 aromatic rings. The minimum atomic E-state index is -0.337. The molecule has 4 heterocycles. The number of benzene rings is 12. The smallest absolute Gasteiger partial charge is 0.338 e. The van der Waals surface area contributed by atoms with Gasteiger partial charge in [0.05, 0.1) is 11.1 Å². The molecule has 0 unspecified atom stereocenters. The van der Waals surface area contributed by atoms with Gasteiger partial charge in [0.1, 0.15) is 13.2 Å². The predicted octanol–water partition coefficient (Wildman–Crippen LogP) is 18.3. The van der Waals surface area contributed by atoms with Crippen molar-refractivity contribution in [2.24, 2.45) is 0 Å². The molecule has 0 fully saturated rings. The van der Waals surface area contributed by atoms with E-state index < -0.39 is 0 Å². The molecule has 0 radical (unpaired) electrons. The third kappa shape index (κ3) is 8.72. The SMILES string of the molecule is CC(C)c1cc(C(C)C)c(-c2cc3c4c(cc5c(-c6c(C(C)C)cc(C(C)C)cc6C(C)C)cc6c7c(cc2c4c57)B2c4ccccc4-c4cc(C(=O)OCc5ccccc5)cc-6c42)B2c4ccccc4-c4cc(C(=O)OCc5ccccc5)cc-3c42)c(C(C)C)c1. The molecule has 0 saturated heterocycles. The molecule has 0 aromatic heterocycles. The molecule has 0 saturated carbocycles. The van der Waals surface area contributed by atoms with Crippen LogP contribution in [0, 0.1) is 0 Å². The van der Waals surface area contributed by atoms with Gasteiger partial charge in [0.25, 0.3) is 0 Å². The van der Waals surface area contributed by atoms with Crippen LogP contribution in [0.25, 0.3) is 99.1 Å². The summed E-state index contributed by atoms with van der Waals surface area (Å²) >= 11 is 0. The molecular formula is C86H76B2O4. The number of esters is 2. The fraction of sp³-hybridized carbons (Fsp3) is 0.233. The molecule has 0 atom stereocenters. The van der Waals surface area contributed by atoms with Crippen LogP contribution in [0.1, 0.15) is 184 Å². The van der Waals surface area contributed by atoms with E-state index in [-0.39, 0.29) is 62.2 Å². The number of carbonyl (C=O) groups excluding carboxylic acids is 2. The van der Waals surface area contributed by atoms with E-state index in [9.17, 15) is 9.59 Å². The van der Waals surface area contributed by atoms with Gasteiger partial charge in [0.2, 0.25) is 13.4 Å². The second kappa shape index (κ2) is 21.7. The van der Waals surface area contributed by atoms with Crippen LogP contribution in [0.2, 0.25) is 0 Å². The van der Waals surface area contributed by atoms with Gasteiger partial charge in [0, 0.05) is 0 Å². The van der Waals surface area contributed by atoms with Crippen molar-refractivity contribution in [3.8, 4) is 66.8 Å². The molecule has 6 heteroatoms. The zero-order valence-corrected chi connectivity index (χ0v) is 55.0. The summed E-state index contributed by atoms with van der Waals surface area (Å²) in [6, 6.07) is 66.9. The number of hydrogen-bond donors (Lipinski definition) is 0. The van der Waals surface area contributed by atoms with Crippen LogP contribution < -0.4 is 32.8 Å². The molecule has 4 nitrogen and oxygen atoms in total. The number of ether oxygens (including phenoxy) is 2. The van der Waals surface area contributed by atoms with Gasteiger partial charge in [-0.25, -0.2) is 9.59 Å². The lowest BCUT2D eigenvalue weighted by Gasteiger charge is -2.34. The largest absolute Gasteiger partial charge is 0.457 e. The lowest BCUT2D eigenvalue weighted by molar-refractivity contribution is 0.0464. The zero-order chi connectivity index (χ0) is 63.4. The monoisotopic (exact) mass is 1190 g/mol. The number of rotatable bonds is 14. The Hall–Kier alpha value is -9.25. The third-order valence-corrected chi connectivity index (χ3v) is 21.1. The first-order chi connectivity index (χ1) is 44.4. The van der Waals surface area contributed by atoms with E-state index >= 15 is 0 Å². The molecule has 0 N–H and O–H groups in total. The van der Waals surface area contributed by atoms with Crippen LogP contribution in [0.15, 0.2) is 182 Å². The van der Waals surface area contributed by atoms with Gasteiger partial charge in [-0.15, -0.1) is 0 Å². The first-order valence-corrected chi connectivity index (χ1v) is 33.6. The summed E-state index contributed by atoms with van der Waals surface area (Å²) in [4.78, 5) is 29.9. The van der Waals surface area contributed by atoms with Crippen molar-refractivity contribution >= 4 is 90.5 Å². The van der Waals surface area contributed by atoms with Crippen molar-refractivity contribution in [1.82, 2.24) is 0 Å². The van der Waals surface area contributed by atoms with Gasteiger partial charge in [-0.3, -0.25) is 0 Å². The highest BCUT2D eigenvalue weighted by Gasteiger charge is 2.46. The fourth-order valence-corrected chi connectivity index (χ4v) is 16.7. The van der Waals surface area contributed by atoms with Crippen molar-refractivity contribution in [1.29, 1.82) is 0 Å². The van der Waals surface area contributed by atoms with E-state index in [0.29, 0.717) is 23.0 Å². The van der Waals surface area contributed by atoms with Gasteiger partial charge >= 0.3 is 11.9 Å². The molecule has 16 rings (SSSR count). The summed E-state index contributed by atoms with van der Waals surface area (Å²) in [5.41, 5.74) is 32.6. The highest BCUT2D eigenvalue weighted by molar-refractivity contribution is 7.03. The summed E-state index contributed by atoms with van der Waals surface area (Å²) in [7, 11) is 0. The number of carbonyl (C=O) groups is 2. The molecule has 0 aliphatic carbocycles. The summed E-state index contributed by atoms with van der Waals surface area (Å²) in [6.07, 6.45) is 0. The van der Waals surface area contributed by atoms with Crippen molar-refractivity contribution in [2.45, 2.75) is 132 Å². The Morgan fingerprint density at radius 2 is 0.641 bits per heavy atom. The summed E-state index contributed by atoms with van der Waals surface area (Å²) < 4.78 is 12.6. The van der Waals surface area contributed by atoms with Gasteiger partial charge in [-0.1, -0.05) is 261 Å². The van der Waals surface area contributed by atoms with Gasteiger partial charge in [0.15, 0.2) is 0 Å². The van der Waals surface area contributed by atoms with E-state index in [0.717, 1.165) is 55.6 Å². The summed E-state index contributed by atoms with van der Waals surface area (Å²) in [5, 5.41) is 7.46. The number of hydrogen-bond acceptors (Lipinski definition) is 4. The Labute approximate surface area is 542 Å². The van der Waals surface area contributed by atoms with E-state index in [1.54, 1.807) is 0 Å². The number of fused-ring (bicyclic) bond motifs is 10. The lowest BCUT2D eigenvalue weighted by Crippen LogP contribution is -2.53. The van der Waals surface area contributed by atoms with Crippen molar-refractivity contribution < 1.29 is 19.1 Å². The van der Waals surface area contributed by atoms with Crippen LogP contribution >= 0.6 is 0 Å². The summed E-state index contributed by atoms with van der Waals surface area (Å²) in [6.45, 7) is 28.4. The molecule has 0 bridgehead atoms. The summed E-state index contributed by atoms with van der Waals surface area (Å²) in [5.74, 6) is 0.812. The van der Waals surface area contributed by atoms with E-state index in [4.69, 9.17) is 9.47 Å². The Morgan fingerprint density at radius 1 is 0.315 bits per heavy atom. The molecule has 4 aliphatic heterocycles. The van der Waals surface area contributed by atoms with E-state index in [1.165, 1.54) is 121 Å². The third-order valence-electron chi connectivity index (χ3n) is 21.1. The Bertz CT molecular complexity index is 4730. The second-order valence-corrected chi connectivity index (χ2v) is 28.7. The molecule has 12 aromatic carbocycles. The standard InChI is InChI=1S/C86H76B2O4/c1-45(2)53-31-59(47(5)6)77(60(32-53)48(7)8)63-39-65-71-37-55(85(89)91-43-51-23-15-13-16-24-51)35-69-57-27-20-22-30-74(57)88(83(69)71)76-42-68-64(78-61(49(9)10)33-54(46(3)4)34-62(78)50(11)12)40-66-72-38-56(86(90)92-44-52-25-17-14-18-26-52)36-70-58-28-19-21-29-73(58)87(84(70)72)75-41-67(63)81(79(65)76)82(68)80(66)75/h13-42,45-50H,43-44H2,1-12H3.